The first-order valence-corrected chi connectivity index (χ1v) is 24.2. The van der Waals surface area contributed by atoms with Gasteiger partial charge in [-0.15, -0.1) is 18.4 Å². The summed E-state index contributed by atoms with van der Waals surface area (Å²) >= 11 is 0. The molecule has 0 saturated carbocycles. The van der Waals surface area contributed by atoms with E-state index in [9.17, 15) is 0 Å². The number of nitrogens with zero attached hydrogens (tertiary/aromatic N) is 8. The summed E-state index contributed by atoms with van der Waals surface area (Å²) in [5.74, 6) is 3.24. The number of fused-ring (bicyclic) bond motifs is 4. The predicted molar refractivity (Wildman–Crippen MR) is 293 cm³/mol. The number of hydrogen-bond donors (Lipinski definition) is 0. The van der Waals surface area contributed by atoms with Crippen LogP contribution in [0.3, 0.4) is 0 Å². The van der Waals surface area contributed by atoms with Crippen LogP contribution in [0.25, 0.3) is 22.1 Å². The average Bonchev–Trinajstić information content (AvgIpc) is 3.84. The van der Waals surface area contributed by atoms with E-state index in [4.69, 9.17) is 24.7 Å². The van der Waals surface area contributed by atoms with E-state index in [2.05, 4.69) is 206 Å². The Balaban J connectivity index is 0.000000204. The van der Waals surface area contributed by atoms with Crippen molar-refractivity contribution in [3.8, 4) is 0 Å². The fraction of sp³-hybridized carbons (Fsp3) is 0.328. The number of anilines is 8. The van der Waals surface area contributed by atoms with Gasteiger partial charge in [0.15, 0.2) is 11.6 Å². The van der Waals surface area contributed by atoms with Gasteiger partial charge < -0.3 is 14.5 Å². The van der Waals surface area contributed by atoms with Crippen LogP contribution in [-0.4, -0.2) is 32.9 Å². The van der Waals surface area contributed by atoms with E-state index in [1.807, 2.05) is 55.5 Å². The third-order valence-corrected chi connectivity index (χ3v) is 12.9. The molecule has 0 saturated heterocycles. The van der Waals surface area contributed by atoms with Crippen molar-refractivity contribution in [3.63, 3.8) is 0 Å². The normalized spacial score (nSPS) is 13.9. The Labute approximate surface area is 436 Å². The molecule has 0 unspecified atom stereocenters. The van der Waals surface area contributed by atoms with Crippen LogP contribution >= 0.6 is 0 Å². The average molecular weight is 1120 g/mol. The van der Waals surface area contributed by atoms with Crippen molar-refractivity contribution in [1.29, 1.82) is 0 Å². The monoisotopic (exact) mass is 1120 g/mol. The van der Waals surface area contributed by atoms with Crippen molar-refractivity contribution in [1.82, 2.24) is 19.9 Å². The Hall–Kier alpha value is -6.19. The molecule has 4 heterocycles. The molecule has 0 N–H and O–H groups in total. The molecule has 10 rings (SSSR count). The van der Waals surface area contributed by atoms with Gasteiger partial charge in [-0.3, -0.25) is 9.80 Å². The second-order valence-electron chi connectivity index (χ2n) is 22.2. The fourth-order valence-corrected chi connectivity index (χ4v) is 8.72. The zero-order valence-corrected chi connectivity index (χ0v) is 45.4. The molecule has 0 aliphatic carbocycles. The van der Waals surface area contributed by atoms with Crippen molar-refractivity contribution < 1.29 is 24.8 Å². The second kappa shape index (κ2) is 20.1. The minimum Gasteiger partial charge on any atom is -0.477 e. The predicted octanol–water partition coefficient (Wildman–Crippen LogP) is 15.9. The Morgan fingerprint density at radius 1 is 0.451 bits per heavy atom. The topological polar surface area (TPSA) is 73.8 Å². The minimum absolute atomic E-state index is 0. The third-order valence-electron chi connectivity index (χ3n) is 12.9. The van der Waals surface area contributed by atoms with E-state index in [1.165, 1.54) is 22.3 Å². The fourth-order valence-electron chi connectivity index (χ4n) is 8.72. The molecule has 1 radical (unpaired) electrons. The zero-order chi connectivity index (χ0) is 49.0. The van der Waals surface area contributed by atoms with Crippen molar-refractivity contribution in [2.24, 2.45) is 0 Å². The largest absolute Gasteiger partial charge is 0.477 e. The van der Waals surface area contributed by atoms with Gasteiger partial charge in [-0.25, -0.2) is 19.9 Å². The molecule has 0 spiro atoms. The van der Waals surface area contributed by atoms with E-state index in [-0.39, 0.29) is 49.2 Å². The maximum atomic E-state index is 6.41. The number of benzene rings is 6. The summed E-state index contributed by atoms with van der Waals surface area (Å²) in [6.45, 7) is 31.4. The van der Waals surface area contributed by atoms with Gasteiger partial charge in [-0.05, 0) is 101 Å². The summed E-state index contributed by atoms with van der Waals surface area (Å²) in [6, 6.07) is 52.1. The molecular formula is C61H70IrN8O-2. The standard InChI is InChI=1S/C31H36N4O.C29H30N4.CH4.Ir/c1-8-36-29-34(23-17-13-21(14-18-23)30(2,3)4)27-28(33-26-12-10-9-11-25(26)32-27)35(29)24-19-15-22(16-20-24)31(5,6)7;1-28(2,3)20-11-15-22(16-12-20)32-19-33(23-17-13-21(14-18-23)29(4,5)6)27-26(32)30-24-9-7-8-10-25(24)31-27;;/h9-20,29H,8H2,1-7H3;7-17,19H,1-6H3;1H4;/q;-2;;. The smallest absolute Gasteiger partial charge is 0.221 e. The van der Waals surface area contributed by atoms with E-state index in [0.717, 1.165) is 68.1 Å². The molecule has 2 aliphatic heterocycles. The van der Waals surface area contributed by atoms with Gasteiger partial charge in [-0.2, -0.15) is 23.8 Å². The molecule has 2 aromatic heterocycles. The van der Waals surface area contributed by atoms with Crippen LogP contribution in [0.15, 0.2) is 140 Å². The molecule has 0 fully saturated rings. The van der Waals surface area contributed by atoms with Gasteiger partial charge in [0.1, 0.15) is 11.6 Å². The van der Waals surface area contributed by atoms with Crippen LogP contribution in [0.1, 0.15) is 120 Å². The van der Waals surface area contributed by atoms with Crippen molar-refractivity contribution in [2.45, 2.75) is 125 Å². The first-order chi connectivity index (χ1) is 32.7. The summed E-state index contributed by atoms with van der Waals surface area (Å²) < 4.78 is 6.41. The molecule has 6 aromatic carbocycles. The SMILES string of the molecule is C.CC(C)(C)c1c[c-]c(N2[CH-]N(c3ccc(C(C)(C)C)cc3)c3nc4ccccc4nc32)cc1.CCOC1N(c2ccc(C(C)(C)C)cc2)c2nc3ccccc3nc2N1c1ccc(C(C)(C)C)cc1.[Ir]. The first-order valence-electron chi connectivity index (χ1n) is 24.2. The van der Waals surface area contributed by atoms with E-state index in [1.54, 1.807) is 0 Å². The van der Waals surface area contributed by atoms with Crippen molar-refractivity contribution >= 4 is 68.1 Å². The van der Waals surface area contributed by atoms with Crippen molar-refractivity contribution in [3.05, 3.63) is 175 Å². The van der Waals surface area contributed by atoms with Crippen LogP contribution in [0.5, 0.6) is 0 Å². The molecule has 0 amide bonds. The van der Waals surface area contributed by atoms with E-state index >= 15 is 0 Å². The van der Waals surface area contributed by atoms with E-state index < -0.39 is 6.35 Å². The van der Waals surface area contributed by atoms with Crippen molar-refractivity contribution in [2.75, 3.05) is 26.2 Å². The zero-order valence-electron chi connectivity index (χ0n) is 43.0. The Morgan fingerprint density at radius 2 is 0.789 bits per heavy atom. The number of ether oxygens (including phenoxy) is 1. The summed E-state index contributed by atoms with van der Waals surface area (Å²) in [5.41, 5.74) is 13.1. The molecule has 10 heteroatoms. The minimum atomic E-state index is -0.400. The number of aromatic nitrogens is 4. The number of para-hydroxylation sites is 4. The molecule has 8 aromatic rings. The molecule has 0 bridgehead atoms. The van der Waals surface area contributed by atoms with Crippen LogP contribution in [0.2, 0.25) is 0 Å². The number of hydrogen-bond acceptors (Lipinski definition) is 9. The Morgan fingerprint density at radius 3 is 1.13 bits per heavy atom. The molecule has 9 nitrogen and oxygen atoms in total. The molecule has 71 heavy (non-hydrogen) atoms. The van der Waals surface area contributed by atoms with Gasteiger partial charge in [0.25, 0.3) is 0 Å². The van der Waals surface area contributed by atoms with Gasteiger partial charge in [0, 0.05) is 43.8 Å². The Bertz CT molecular complexity index is 2890. The molecule has 2 aliphatic rings. The maximum Gasteiger partial charge on any atom is 0.221 e. The molecule has 371 valence electrons. The summed E-state index contributed by atoms with van der Waals surface area (Å²) in [5, 5.41) is 0. The summed E-state index contributed by atoms with van der Waals surface area (Å²) in [4.78, 5) is 28.7. The van der Waals surface area contributed by atoms with Crippen LogP contribution in [0.4, 0.5) is 46.0 Å². The van der Waals surface area contributed by atoms with Crippen LogP contribution in [0, 0.1) is 12.7 Å². The van der Waals surface area contributed by atoms with Gasteiger partial charge in [0.2, 0.25) is 6.35 Å². The summed E-state index contributed by atoms with van der Waals surface area (Å²) in [7, 11) is 0. The third kappa shape index (κ3) is 10.7. The van der Waals surface area contributed by atoms with Gasteiger partial charge in [0.05, 0.1) is 22.1 Å². The van der Waals surface area contributed by atoms with E-state index in [0.29, 0.717) is 6.61 Å². The first kappa shape index (κ1) is 52.6. The van der Waals surface area contributed by atoms with Gasteiger partial charge in [-0.1, -0.05) is 157 Å². The van der Waals surface area contributed by atoms with Gasteiger partial charge >= 0.3 is 0 Å². The molecule has 0 atom stereocenters. The Kier molecular flexibility index (Phi) is 14.9. The number of rotatable bonds is 6. The quantitative estimate of drug-likeness (QED) is 0.151. The molecular weight excluding hydrogens is 1050 g/mol. The van der Waals surface area contributed by atoms with Crippen LogP contribution in [-0.2, 0) is 46.5 Å². The summed E-state index contributed by atoms with van der Waals surface area (Å²) in [6.07, 6.45) is -0.400. The van der Waals surface area contributed by atoms with Crippen LogP contribution < -0.4 is 19.6 Å². The maximum absolute atomic E-state index is 6.41. The second-order valence-corrected chi connectivity index (χ2v) is 22.2.